The minimum absolute atomic E-state index is 0. The average Bonchev–Trinajstić information content (AvgIpc) is 2.73. The summed E-state index contributed by atoms with van der Waals surface area (Å²) >= 11 is 0. The molecule has 32 heavy (non-hydrogen) atoms. The zero-order chi connectivity index (χ0) is 23.0. The van der Waals surface area contributed by atoms with Crippen molar-refractivity contribution in [3.63, 3.8) is 0 Å². The molecule has 1 atom stereocenters. The predicted octanol–water partition coefficient (Wildman–Crippen LogP) is 5.71. The second kappa shape index (κ2) is 27.1. The maximum atomic E-state index is 10.8. The van der Waals surface area contributed by atoms with E-state index in [9.17, 15) is 13.0 Å². The van der Waals surface area contributed by atoms with Crippen molar-refractivity contribution in [2.75, 3.05) is 6.61 Å². The molecule has 0 amide bonds. The zero-order valence-corrected chi connectivity index (χ0v) is 25.8. The third kappa shape index (κ3) is 29.5. The van der Waals surface area contributed by atoms with Crippen LogP contribution in [0.3, 0.4) is 0 Å². The third-order valence-corrected chi connectivity index (χ3v) is 6.80. The molecule has 0 aliphatic carbocycles. The molecule has 0 aliphatic rings. The van der Waals surface area contributed by atoms with E-state index in [-0.39, 0.29) is 63.9 Å². The maximum Gasteiger partial charge on any atom is 1.00 e. The first-order valence-electron chi connectivity index (χ1n) is 13.6. The Balaban J connectivity index is 0. The zero-order valence-electron chi connectivity index (χ0n) is 21.9. The molecule has 0 aromatic carbocycles. The Kier molecular flexibility index (Phi) is 30.2. The van der Waals surface area contributed by atoms with Gasteiger partial charge >= 0.3 is 51.4 Å². The monoisotopic (exact) mass is 500 g/mol. The fourth-order valence-corrected chi connectivity index (χ4v) is 4.69. The number of hydrogen-bond acceptors (Lipinski definition) is 4. The third-order valence-electron chi connectivity index (χ3n) is 6.38. The van der Waals surface area contributed by atoms with Crippen molar-refractivity contribution in [2.45, 2.75) is 155 Å². The number of unbranched alkanes of at least 4 members (excludes halogenated alkanes) is 18. The molecule has 0 spiro atoms. The second-order valence-corrected chi connectivity index (χ2v) is 10.6. The van der Waals surface area contributed by atoms with Gasteiger partial charge in [-0.05, 0) is 18.8 Å². The molecule has 0 radical (unpaired) electrons. The van der Waals surface area contributed by atoms with Crippen LogP contribution in [0.2, 0.25) is 0 Å². The molecule has 0 saturated heterocycles. The molecule has 0 aromatic heterocycles. The Morgan fingerprint density at radius 3 is 1.12 bits per heavy atom. The summed E-state index contributed by atoms with van der Waals surface area (Å²) < 4.78 is 36.9. The van der Waals surface area contributed by atoms with E-state index in [1.165, 1.54) is 116 Å². The fourth-order valence-electron chi connectivity index (χ4n) is 4.33. The van der Waals surface area contributed by atoms with Gasteiger partial charge in [-0.2, -0.15) is 0 Å². The van der Waals surface area contributed by atoms with Crippen LogP contribution >= 0.6 is 0 Å². The van der Waals surface area contributed by atoms with E-state index in [2.05, 4.69) is 18.0 Å². The van der Waals surface area contributed by atoms with Crippen molar-refractivity contribution in [3.05, 3.63) is 0 Å². The fraction of sp³-hybridized carbons (Fsp3) is 1.00. The van der Waals surface area contributed by atoms with Crippen LogP contribution in [-0.2, 0) is 14.6 Å². The molecule has 0 aliphatic heterocycles. The van der Waals surface area contributed by atoms with Gasteiger partial charge in [0.2, 0.25) is 10.4 Å². The van der Waals surface area contributed by atoms with Crippen LogP contribution in [-0.4, -0.2) is 19.6 Å². The van der Waals surface area contributed by atoms with Crippen molar-refractivity contribution in [1.29, 1.82) is 0 Å². The molecule has 0 heterocycles. The first kappa shape index (κ1) is 35.7. The summed E-state index contributed by atoms with van der Waals surface area (Å²) in [6.07, 6.45) is 28.2. The van der Waals surface area contributed by atoms with Gasteiger partial charge in [0.05, 0.1) is 6.61 Å². The first-order valence-corrected chi connectivity index (χ1v) is 14.9. The first-order chi connectivity index (χ1) is 15.0. The van der Waals surface area contributed by atoms with Crippen LogP contribution in [0.15, 0.2) is 0 Å². The van der Waals surface area contributed by atoms with Crippen molar-refractivity contribution >= 4 is 10.4 Å². The van der Waals surface area contributed by atoms with Gasteiger partial charge in [-0.25, -0.2) is 8.42 Å². The van der Waals surface area contributed by atoms with Crippen LogP contribution in [0.25, 0.3) is 0 Å². The van der Waals surface area contributed by atoms with Gasteiger partial charge in [-0.1, -0.05) is 142 Å². The molecule has 0 fully saturated rings. The van der Waals surface area contributed by atoms with Gasteiger partial charge in [0, 0.05) is 0 Å². The summed E-state index contributed by atoms with van der Waals surface area (Å²) in [7, 11) is -4.57. The standard InChI is InChI=1S/C26H54O4S.K/c1-3-5-7-9-10-11-12-13-14-15-16-17-18-20-22-24-26(25-30-31(27,28)29)23-21-19-8-6-4-2;/h26H,3-25H2,1-2H3,(H,27,28,29);/q;+1/p-1. The van der Waals surface area contributed by atoms with Crippen molar-refractivity contribution < 1.29 is 68.5 Å². The van der Waals surface area contributed by atoms with Gasteiger partial charge in [-0.3, -0.25) is 4.18 Å². The van der Waals surface area contributed by atoms with Crippen LogP contribution in [0, 0.1) is 5.92 Å². The molecule has 188 valence electrons. The van der Waals surface area contributed by atoms with Crippen LogP contribution < -0.4 is 51.4 Å². The molecule has 0 N–H and O–H groups in total. The summed E-state index contributed by atoms with van der Waals surface area (Å²) in [6, 6.07) is 0. The molecule has 0 saturated carbocycles. The average molecular weight is 501 g/mol. The van der Waals surface area contributed by atoms with E-state index in [1.807, 2.05) is 0 Å². The van der Waals surface area contributed by atoms with E-state index in [0.29, 0.717) is 0 Å². The summed E-state index contributed by atoms with van der Waals surface area (Å²) in [5.74, 6) is 0.201. The van der Waals surface area contributed by atoms with E-state index in [4.69, 9.17) is 0 Å². The minimum atomic E-state index is -4.57. The second-order valence-electron chi connectivity index (χ2n) is 9.50. The molecular weight excluding hydrogens is 447 g/mol. The normalized spacial score (nSPS) is 12.6. The largest absolute Gasteiger partial charge is 1.00 e. The van der Waals surface area contributed by atoms with Gasteiger partial charge in [0.25, 0.3) is 0 Å². The van der Waals surface area contributed by atoms with Crippen molar-refractivity contribution in [3.8, 4) is 0 Å². The SMILES string of the molecule is CCCCCCCCCCCCCCCCCC(CCCCCCC)COS(=O)(=O)[O-].[K+]. The van der Waals surface area contributed by atoms with Gasteiger partial charge in [0.15, 0.2) is 0 Å². The predicted molar refractivity (Wildman–Crippen MR) is 132 cm³/mol. The molecular formula is C26H53KO4S. The Hall–Kier alpha value is 1.51. The molecule has 4 nitrogen and oxygen atoms in total. The molecule has 6 heteroatoms. The van der Waals surface area contributed by atoms with Gasteiger partial charge in [-0.15, -0.1) is 0 Å². The van der Waals surface area contributed by atoms with E-state index in [1.54, 1.807) is 0 Å². The minimum Gasteiger partial charge on any atom is -0.726 e. The Labute approximate surface area is 244 Å². The Morgan fingerprint density at radius 2 is 0.844 bits per heavy atom. The maximum absolute atomic E-state index is 10.8. The summed E-state index contributed by atoms with van der Waals surface area (Å²) in [5.41, 5.74) is 0. The van der Waals surface area contributed by atoms with E-state index >= 15 is 0 Å². The number of hydrogen-bond donors (Lipinski definition) is 0. The van der Waals surface area contributed by atoms with Crippen molar-refractivity contribution in [1.82, 2.24) is 0 Å². The molecule has 0 rings (SSSR count). The molecule has 0 bridgehead atoms. The molecule has 0 aromatic rings. The van der Waals surface area contributed by atoms with E-state index < -0.39 is 10.4 Å². The smallest absolute Gasteiger partial charge is 0.726 e. The summed E-state index contributed by atoms with van der Waals surface area (Å²) in [5, 5.41) is 0. The summed E-state index contributed by atoms with van der Waals surface area (Å²) in [6.45, 7) is 4.54. The Bertz CT molecular complexity index is 457. The Morgan fingerprint density at radius 1 is 0.562 bits per heavy atom. The van der Waals surface area contributed by atoms with Crippen LogP contribution in [0.4, 0.5) is 0 Å². The van der Waals surface area contributed by atoms with E-state index in [0.717, 1.165) is 25.7 Å². The van der Waals surface area contributed by atoms with Gasteiger partial charge in [0.1, 0.15) is 0 Å². The van der Waals surface area contributed by atoms with Crippen LogP contribution in [0.5, 0.6) is 0 Å². The summed E-state index contributed by atoms with van der Waals surface area (Å²) in [4.78, 5) is 0. The number of rotatable bonds is 25. The van der Waals surface area contributed by atoms with Gasteiger partial charge < -0.3 is 4.55 Å². The topological polar surface area (TPSA) is 66.4 Å². The molecule has 1 unspecified atom stereocenters. The van der Waals surface area contributed by atoms with Crippen molar-refractivity contribution in [2.24, 2.45) is 5.92 Å². The quantitative estimate of drug-likeness (QED) is 0.0697. The van der Waals surface area contributed by atoms with Crippen LogP contribution in [0.1, 0.15) is 155 Å².